The lowest BCUT2D eigenvalue weighted by molar-refractivity contribution is 0.222. The number of nitrogens with zero attached hydrogens (tertiary/aromatic N) is 3. The molecule has 29 heavy (non-hydrogen) atoms. The molecule has 162 valence electrons. The molecular formula is C21H34IN5OS. The van der Waals surface area contributed by atoms with Gasteiger partial charge in [-0.1, -0.05) is 12.1 Å². The Balaban J connectivity index is 0.00000300. The van der Waals surface area contributed by atoms with Crippen LogP contribution in [0.5, 0.6) is 0 Å². The first-order valence-corrected chi connectivity index (χ1v) is 11.3. The van der Waals surface area contributed by atoms with E-state index < -0.39 is 0 Å². The predicted molar refractivity (Wildman–Crippen MR) is 135 cm³/mol. The zero-order chi connectivity index (χ0) is 20.0. The van der Waals surface area contributed by atoms with Crippen LogP contribution in [0.4, 0.5) is 10.5 Å². The van der Waals surface area contributed by atoms with E-state index >= 15 is 0 Å². The average molecular weight is 532 g/mol. The second-order valence-electron chi connectivity index (χ2n) is 8.02. The summed E-state index contributed by atoms with van der Waals surface area (Å²) in [7, 11) is 0. The van der Waals surface area contributed by atoms with Gasteiger partial charge in [0.25, 0.3) is 0 Å². The Kier molecular flexibility index (Phi) is 9.39. The summed E-state index contributed by atoms with van der Waals surface area (Å²) in [6.07, 6.45) is 2.20. The first-order chi connectivity index (χ1) is 13.5. The molecular weight excluding hydrogens is 497 g/mol. The van der Waals surface area contributed by atoms with Gasteiger partial charge < -0.3 is 20.4 Å². The number of amides is 2. The summed E-state index contributed by atoms with van der Waals surface area (Å²) in [4.78, 5) is 21.4. The second-order valence-corrected chi connectivity index (χ2v) is 9.83. The van der Waals surface area contributed by atoms with E-state index in [-0.39, 0.29) is 34.8 Å². The van der Waals surface area contributed by atoms with Crippen molar-refractivity contribution in [2.45, 2.75) is 44.9 Å². The van der Waals surface area contributed by atoms with Crippen molar-refractivity contribution in [3.63, 3.8) is 0 Å². The molecule has 2 saturated heterocycles. The van der Waals surface area contributed by atoms with Crippen molar-refractivity contribution < 1.29 is 4.79 Å². The molecule has 0 spiro atoms. The highest BCUT2D eigenvalue weighted by molar-refractivity contribution is 14.0. The summed E-state index contributed by atoms with van der Waals surface area (Å²) in [5.41, 5.74) is 1.94. The molecule has 0 radical (unpaired) electrons. The Morgan fingerprint density at radius 3 is 2.66 bits per heavy atom. The van der Waals surface area contributed by atoms with Gasteiger partial charge in [-0.2, -0.15) is 11.8 Å². The number of halogens is 1. The van der Waals surface area contributed by atoms with Crippen LogP contribution in [0.2, 0.25) is 0 Å². The molecule has 0 aliphatic carbocycles. The van der Waals surface area contributed by atoms with Crippen LogP contribution in [-0.4, -0.2) is 65.0 Å². The Morgan fingerprint density at radius 1 is 1.21 bits per heavy atom. The molecule has 0 saturated carbocycles. The van der Waals surface area contributed by atoms with Crippen LogP contribution in [0, 0.1) is 0 Å². The summed E-state index contributed by atoms with van der Waals surface area (Å²) in [5.74, 6) is 2.09. The molecule has 0 atom stereocenters. The quantitative estimate of drug-likeness (QED) is 0.347. The lowest BCUT2D eigenvalue weighted by Gasteiger charge is -2.39. The van der Waals surface area contributed by atoms with E-state index in [1.54, 1.807) is 0 Å². The molecule has 0 bridgehead atoms. The smallest absolute Gasteiger partial charge is 0.321 e. The fourth-order valence-corrected chi connectivity index (χ4v) is 4.77. The zero-order valence-electron chi connectivity index (χ0n) is 17.7. The maximum absolute atomic E-state index is 12.3. The van der Waals surface area contributed by atoms with Gasteiger partial charge in [0.15, 0.2) is 5.96 Å². The summed E-state index contributed by atoms with van der Waals surface area (Å²) in [5, 5.41) is 6.46. The van der Waals surface area contributed by atoms with E-state index in [0.29, 0.717) is 6.54 Å². The van der Waals surface area contributed by atoms with Gasteiger partial charge in [-0.05, 0) is 51.3 Å². The van der Waals surface area contributed by atoms with Crippen LogP contribution >= 0.6 is 35.7 Å². The van der Waals surface area contributed by atoms with Gasteiger partial charge in [0.05, 0.1) is 6.54 Å². The molecule has 2 heterocycles. The minimum Gasteiger partial charge on any atom is -0.357 e. The molecule has 2 fully saturated rings. The van der Waals surface area contributed by atoms with Crippen molar-refractivity contribution in [2.24, 2.45) is 4.99 Å². The molecule has 6 nitrogen and oxygen atoms in total. The molecule has 1 aromatic carbocycles. The average Bonchev–Trinajstić information content (AvgIpc) is 3.19. The van der Waals surface area contributed by atoms with Gasteiger partial charge in [0, 0.05) is 48.9 Å². The van der Waals surface area contributed by atoms with Crippen molar-refractivity contribution in [2.75, 3.05) is 43.8 Å². The van der Waals surface area contributed by atoms with Gasteiger partial charge in [-0.3, -0.25) is 0 Å². The highest BCUT2D eigenvalue weighted by Gasteiger charge is 2.28. The minimum atomic E-state index is -0.000428. The van der Waals surface area contributed by atoms with Crippen molar-refractivity contribution in [1.82, 2.24) is 15.1 Å². The molecule has 2 amide bonds. The Bertz CT molecular complexity index is 706. The van der Waals surface area contributed by atoms with Gasteiger partial charge in [-0.25, -0.2) is 9.79 Å². The lowest BCUT2D eigenvalue weighted by atomic mass is 10.2. The fourth-order valence-electron chi connectivity index (χ4n) is 3.66. The number of hydrogen-bond acceptors (Lipinski definition) is 3. The number of thioether (sulfide) groups is 1. The number of rotatable bonds is 4. The zero-order valence-corrected chi connectivity index (χ0v) is 20.9. The third-order valence-electron chi connectivity index (χ3n) is 5.04. The highest BCUT2D eigenvalue weighted by atomic mass is 127. The molecule has 8 heteroatoms. The molecule has 2 N–H and O–H groups in total. The summed E-state index contributed by atoms with van der Waals surface area (Å²) in [6.45, 7) is 11.9. The van der Waals surface area contributed by atoms with Crippen LogP contribution < -0.4 is 10.6 Å². The van der Waals surface area contributed by atoms with E-state index in [2.05, 4.69) is 42.4 Å². The maximum atomic E-state index is 12.3. The van der Waals surface area contributed by atoms with Gasteiger partial charge in [0.2, 0.25) is 0 Å². The third kappa shape index (κ3) is 7.24. The van der Waals surface area contributed by atoms with Crippen molar-refractivity contribution >= 4 is 53.4 Å². The van der Waals surface area contributed by atoms with Crippen LogP contribution in [0.15, 0.2) is 29.3 Å². The lowest BCUT2D eigenvalue weighted by Crippen LogP contribution is -2.50. The molecule has 3 rings (SSSR count). The topological polar surface area (TPSA) is 60.0 Å². The number of urea groups is 1. The van der Waals surface area contributed by atoms with Crippen molar-refractivity contribution in [3.8, 4) is 0 Å². The Labute approximate surface area is 196 Å². The minimum absolute atomic E-state index is 0. The van der Waals surface area contributed by atoms with Gasteiger partial charge >= 0.3 is 6.03 Å². The first kappa shape index (κ1) is 24.1. The number of carbonyl (C=O) groups is 1. The van der Waals surface area contributed by atoms with Crippen LogP contribution in [0.25, 0.3) is 0 Å². The van der Waals surface area contributed by atoms with Gasteiger partial charge in [0.1, 0.15) is 0 Å². The molecule has 0 aromatic heterocycles. The van der Waals surface area contributed by atoms with E-state index in [0.717, 1.165) is 68.5 Å². The van der Waals surface area contributed by atoms with E-state index in [9.17, 15) is 4.79 Å². The predicted octanol–water partition coefficient (Wildman–Crippen LogP) is 4.23. The Hall–Kier alpha value is -1.16. The van der Waals surface area contributed by atoms with E-state index in [4.69, 9.17) is 4.99 Å². The monoisotopic (exact) mass is 531 g/mol. The maximum Gasteiger partial charge on any atom is 0.321 e. The van der Waals surface area contributed by atoms with E-state index in [1.807, 2.05) is 34.9 Å². The standard InChI is InChI=1S/C21H33N5OS.HI/c1-4-22-19(26-12-13-28-21(2,3)16-26)23-15-17-8-7-9-18(14-17)24-20(27)25-10-5-6-11-25;/h7-9,14H,4-6,10-13,15-16H2,1-3H3,(H,22,23)(H,24,27);1H. The Morgan fingerprint density at radius 2 is 1.97 bits per heavy atom. The number of carbonyl (C=O) groups excluding carboxylic acids is 1. The number of anilines is 1. The summed E-state index contributed by atoms with van der Waals surface area (Å²) in [6, 6.07) is 8.01. The summed E-state index contributed by atoms with van der Waals surface area (Å²) >= 11 is 2.02. The SMILES string of the molecule is CCNC(=NCc1cccc(NC(=O)N2CCCC2)c1)N1CCSC(C)(C)C1.I. The largest absolute Gasteiger partial charge is 0.357 e. The molecule has 2 aliphatic rings. The second kappa shape index (κ2) is 11.3. The number of benzene rings is 1. The van der Waals surface area contributed by atoms with E-state index in [1.165, 1.54) is 0 Å². The molecule has 0 unspecified atom stereocenters. The van der Waals surface area contributed by atoms with Crippen LogP contribution in [0.1, 0.15) is 39.2 Å². The van der Waals surface area contributed by atoms with Crippen LogP contribution in [0.3, 0.4) is 0 Å². The fraction of sp³-hybridized carbons (Fsp3) is 0.619. The van der Waals surface area contributed by atoms with Crippen molar-refractivity contribution in [3.05, 3.63) is 29.8 Å². The van der Waals surface area contributed by atoms with Crippen molar-refractivity contribution in [1.29, 1.82) is 0 Å². The normalized spacial score (nSPS) is 18.9. The number of nitrogens with one attached hydrogen (secondary N) is 2. The number of guanidine groups is 1. The molecule has 2 aliphatic heterocycles. The number of aliphatic imine (C=N–C) groups is 1. The highest BCUT2D eigenvalue weighted by Crippen LogP contribution is 2.29. The summed E-state index contributed by atoms with van der Waals surface area (Å²) < 4.78 is 0.244. The molecule has 1 aromatic rings. The number of hydrogen-bond donors (Lipinski definition) is 2. The van der Waals surface area contributed by atoms with Gasteiger partial charge in [-0.15, -0.1) is 24.0 Å². The third-order valence-corrected chi connectivity index (χ3v) is 6.34. The van der Waals surface area contributed by atoms with Crippen LogP contribution in [-0.2, 0) is 6.54 Å². The number of likely N-dealkylation sites (tertiary alicyclic amines) is 1. The first-order valence-electron chi connectivity index (χ1n) is 10.3.